The molecule has 82 valence electrons. The number of rotatable bonds is 3. The normalized spacial score (nSPS) is 17.9. The molecule has 1 aromatic rings. The zero-order chi connectivity index (χ0) is 10.7. The third-order valence-corrected chi connectivity index (χ3v) is 3.11. The summed E-state index contributed by atoms with van der Waals surface area (Å²) in [7, 11) is 0. The van der Waals surface area contributed by atoms with Gasteiger partial charge in [-0.25, -0.2) is 0 Å². The fourth-order valence-electron chi connectivity index (χ4n) is 2.20. The van der Waals surface area contributed by atoms with Crippen molar-refractivity contribution in [2.24, 2.45) is 5.73 Å². The second-order valence-corrected chi connectivity index (χ2v) is 4.75. The Labute approximate surface area is 95.7 Å². The Hall–Kier alpha value is -0.900. The van der Waals surface area contributed by atoms with Crippen LogP contribution >= 0.6 is 12.2 Å². The van der Waals surface area contributed by atoms with Crippen LogP contribution in [0, 0.1) is 0 Å². The molecule has 15 heavy (non-hydrogen) atoms. The van der Waals surface area contributed by atoms with Crippen LogP contribution < -0.4 is 5.73 Å². The number of aromatic nitrogens is 2. The molecule has 0 spiro atoms. The van der Waals surface area contributed by atoms with Gasteiger partial charge in [0.1, 0.15) is 0 Å². The van der Waals surface area contributed by atoms with Crippen molar-refractivity contribution in [3.8, 4) is 0 Å². The van der Waals surface area contributed by atoms with E-state index in [0.29, 0.717) is 17.5 Å². The van der Waals surface area contributed by atoms with Crippen molar-refractivity contribution in [1.29, 1.82) is 0 Å². The van der Waals surface area contributed by atoms with Gasteiger partial charge < -0.3 is 5.73 Å². The molecule has 1 aromatic heterocycles. The molecule has 0 aromatic carbocycles. The minimum atomic E-state index is 0.517. The molecule has 2 N–H and O–H groups in total. The van der Waals surface area contributed by atoms with Gasteiger partial charge in [0.2, 0.25) is 0 Å². The van der Waals surface area contributed by atoms with Crippen molar-refractivity contribution >= 4 is 17.2 Å². The monoisotopic (exact) mass is 223 g/mol. The van der Waals surface area contributed by atoms with Crippen LogP contribution in [0.5, 0.6) is 0 Å². The highest BCUT2D eigenvalue weighted by atomic mass is 32.1. The van der Waals surface area contributed by atoms with Gasteiger partial charge in [0.25, 0.3) is 0 Å². The first-order valence-electron chi connectivity index (χ1n) is 5.58. The molecule has 0 atom stereocenters. The highest BCUT2D eigenvalue weighted by Crippen LogP contribution is 2.27. The fourth-order valence-corrected chi connectivity index (χ4v) is 2.35. The second kappa shape index (κ2) is 4.75. The van der Waals surface area contributed by atoms with Crippen molar-refractivity contribution in [3.63, 3.8) is 0 Å². The van der Waals surface area contributed by atoms with Crippen molar-refractivity contribution in [2.75, 3.05) is 0 Å². The van der Waals surface area contributed by atoms with Crippen LogP contribution in [0.3, 0.4) is 0 Å². The van der Waals surface area contributed by atoms with E-state index >= 15 is 0 Å². The molecule has 0 saturated heterocycles. The van der Waals surface area contributed by atoms with Crippen LogP contribution in [0.25, 0.3) is 0 Å². The van der Waals surface area contributed by atoms with E-state index in [1.165, 1.54) is 32.1 Å². The third-order valence-electron chi connectivity index (χ3n) is 2.97. The van der Waals surface area contributed by atoms with Crippen molar-refractivity contribution in [2.45, 2.75) is 44.6 Å². The minimum absolute atomic E-state index is 0.517. The summed E-state index contributed by atoms with van der Waals surface area (Å²) in [6, 6.07) is 2.62. The van der Waals surface area contributed by atoms with Crippen LogP contribution in [0.15, 0.2) is 12.3 Å². The van der Waals surface area contributed by atoms with E-state index < -0.39 is 0 Å². The fraction of sp³-hybridized carbons (Fsp3) is 0.636. The molecule has 1 aliphatic rings. The van der Waals surface area contributed by atoms with Crippen LogP contribution in [0.4, 0.5) is 0 Å². The third kappa shape index (κ3) is 2.78. The predicted octanol–water partition coefficient (Wildman–Crippen LogP) is 2.22. The standard InChI is InChI=1S/C11H17N3S/c12-11(15)8-9-6-7-14(13-9)10-4-2-1-3-5-10/h6-7,10H,1-5,8H2,(H2,12,15). The zero-order valence-corrected chi connectivity index (χ0v) is 9.67. The summed E-state index contributed by atoms with van der Waals surface area (Å²) in [4.78, 5) is 0.517. The molecule has 1 aliphatic carbocycles. The van der Waals surface area contributed by atoms with Crippen LogP contribution in [0.1, 0.15) is 43.8 Å². The Balaban J connectivity index is 2.02. The molecule has 0 amide bonds. The maximum Gasteiger partial charge on any atom is 0.0788 e. The Morgan fingerprint density at radius 3 is 2.87 bits per heavy atom. The Bertz CT molecular complexity index is 339. The molecular formula is C11H17N3S. The predicted molar refractivity (Wildman–Crippen MR) is 64.8 cm³/mol. The van der Waals surface area contributed by atoms with E-state index in [4.69, 9.17) is 18.0 Å². The first-order chi connectivity index (χ1) is 7.25. The van der Waals surface area contributed by atoms with Gasteiger partial charge in [-0.3, -0.25) is 4.68 Å². The van der Waals surface area contributed by atoms with Gasteiger partial charge in [-0.15, -0.1) is 0 Å². The van der Waals surface area contributed by atoms with Crippen molar-refractivity contribution < 1.29 is 0 Å². The summed E-state index contributed by atoms with van der Waals surface area (Å²) in [5.41, 5.74) is 6.49. The lowest BCUT2D eigenvalue weighted by Crippen LogP contribution is -2.15. The zero-order valence-electron chi connectivity index (χ0n) is 8.85. The minimum Gasteiger partial charge on any atom is -0.393 e. The highest BCUT2D eigenvalue weighted by molar-refractivity contribution is 7.80. The lowest BCUT2D eigenvalue weighted by atomic mass is 9.96. The summed E-state index contributed by atoms with van der Waals surface area (Å²) in [5, 5.41) is 4.52. The van der Waals surface area contributed by atoms with E-state index in [1.54, 1.807) is 0 Å². The van der Waals surface area contributed by atoms with Crippen LogP contribution in [-0.4, -0.2) is 14.8 Å². The van der Waals surface area contributed by atoms with E-state index in [-0.39, 0.29) is 0 Å². The van der Waals surface area contributed by atoms with Gasteiger partial charge in [0.05, 0.1) is 16.7 Å². The number of thiocarbonyl (C=S) groups is 1. The molecule has 1 heterocycles. The van der Waals surface area contributed by atoms with Gasteiger partial charge >= 0.3 is 0 Å². The molecule has 0 aliphatic heterocycles. The van der Waals surface area contributed by atoms with E-state index in [1.807, 2.05) is 6.07 Å². The van der Waals surface area contributed by atoms with E-state index in [2.05, 4.69) is 16.0 Å². The molecule has 3 nitrogen and oxygen atoms in total. The van der Waals surface area contributed by atoms with Crippen molar-refractivity contribution in [1.82, 2.24) is 9.78 Å². The first kappa shape index (κ1) is 10.6. The second-order valence-electron chi connectivity index (χ2n) is 4.22. The largest absolute Gasteiger partial charge is 0.393 e. The molecule has 0 radical (unpaired) electrons. The van der Waals surface area contributed by atoms with Gasteiger partial charge in [-0.1, -0.05) is 31.5 Å². The quantitative estimate of drug-likeness (QED) is 0.799. The van der Waals surface area contributed by atoms with Gasteiger partial charge in [-0.2, -0.15) is 5.10 Å². The molecule has 1 fully saturated rings. The van der Waals surface area contributed by atoms with Gasteiger partial charge in [0.15, 0.2) is 0 Å². The lowest BCUT2D eigenvalue weighted by Gasteiger charge is -2.21. The Morgan fingerprint density at radius 1 is 1.47 bits per heavy atom. The summed E-state index contributed by atoms with van der Waals surface area (Å²) < 4.78 is 2.09. The lowest BCUT2D eigenvalue weighted by molar-refractivity contribution is 0.328. The molecule has 4 heteroatoms. The molecule has 1 saturated carbocycles. The molecule has 2 rings (SSSR count). The Kier molecular flexibility index (Phi) is 3.36. The summed E-state index contributed by atoms with van der Waals surface area (Å²) in [6.45, 7) is 0. The average Bonchev–Trinajstić information content (AvgIpc) is 2.67. The van der Waals surface area contributed by atoms with Crippen LogP contribution in [0.2, 0.25) is 0 Å². The topological polar surface area (TPSA) is 43.8 Å². The summed E-state index contributed by atoms with van der Waals surface area (Å²) in [6.07, 6.45) is 9.23. The van der Waals surface area contributed by atoms with Crippen molar-refractivity contribution in [3.05, 3.63) is 18.0 Å². The van der Waals surface area contributed by atoms with E-state index in [0.717, 1.165) is 5.69 Å². The number of nitrogens with two attached hydrogens (primary N) is 1. The maximum atomic E-state index is 5.49. The SMILES string of the molecule is NC(=S)Cc1ccn(C2CCCCC2)n1. The molecule has 0 unspecified atom stereocenters. The van der Waals surface area contributed by atoms with Crippen LogP contribution in [-0.2, 0) is 6.42 Å². The number of hydrogen-bond acceptors (Lipinski definition) is 2. The van der Waals surface area contributed by atoms with Gasteiger partial charge in [-0.05, 0) is 18.9 Å². The number of nitrogens with zero attached hydrogens (tertiary/aromatic N) is 2. The summed E-state index contributed by atoms with van der Waals surface area (Å²) in [5.74, 6) is 0. The Morgan fingerprint density at radius 2 is 2.20 bits per heavy atom. The highest BCUT2D eigenvalue weighted by Gasteiger charge is 2.15. The molecular weight excluding hydrogens is 206 g/mol. The van der Waals surface area contributed by atoms with Gasteiger partial charge in [0, 0.05) is 12.6 Å². The smallest absolute Gasteiger partial charge is 0.0788 e. The number of hydrogen-bond donors (Lipinski definition) is 1. The first-order valence-corrected chi connectivity index (χ1v) is 5.99. The van der Waals surface area contributed by atoms with E-state index in [9.17, 15) is 0 Å². The average molecular weight is 223 g/mol. The maximum absolute atomic E-state index is 5.49. The summed E-state index contributed by atoms with van der Waals surface area (Å²) >= 11 is 4.87. The molecule has 0 bridgehead atoms.